The molecule has 3 nitrogen and oxygen atoms in total. The molecule has 0 aliphatic carbocycles. The molecule has 10 aromatic rings. The van der Waals surface area contributed by atoms with E-state index in [1.54, 1.807) is 0 Å². The summed E-state index contributed by atoms with van der Waals surface area (Å²) in [6.45, 7) is 2.17. The van der Waals surface area contributed by atoms with Gasteiger partial charge in [-0.3, -0.25) is 0 Å². The maximum absolute atomic E-state index is 4.95. The Morgan fingerprint density at radius 3 is 1.03 bits per heavy atom. The van der Waals surface area contributed by atoms with Crippen molar-refractivity contribution in [3.05, 3.63) is 236 Å². The van der Waals surface area contributed by atoms with Gasteiger partial charge in [-0.2, -0.15) is 0 Å². The van der Waals surface area contributed by atoms with Gasteiger partial charge in [-0.05, 0) is 109 Å². The molecule has 7 aromatic carbocycles. The number of nitrogens with zero attached hydrogens (tertiary/aromatic N) is 3. The van der Waals surface area contributed by atoms with Crippen LogP contribution in [0.4, 0.5) is 0 Å². The van der Waals surface area contributed by atoms with Crippen molar-refractivity contribution in [2.75, 3.05) is 0 Å². The summed E-state index contributed by atoms with van der Waals surface area (Å²) in [7, 11) is 0. The molecule has 0 aliphatic rings. The molecule has 294 valence electrons. The Morgan fingerprint density at radius 2 is 0.661 bits per heavy atom. The fourth-order valence-electron chi connectivity index (χ4n) is 8.11. The fraction of sp³-hybridized carbons (Fsp3) is 0.0172. The average Bonchev–Trinajstić information content (AvgIpc) is 3.35. The van der Waals surface area contributed by atoms with Crippen molar-refractivity contribution in [2.24, 2.45) is 0 Å². The van der Waals surface area contributed by atoms with Crippen molar-refractivity contribution in [3.63, 3.8) is 0 Å². The predicted molar refractivity (Wildman–Crippen MR) is 250 cm³/mol. The number of hydrogen-bond acceptors (Lipinski definition) is 3. The maximum Gasteiger partial charge on any atom is 3.00 e. The molecule has 0 saturated carbocycles. The zero-order valence-corrected chi connectivity index (χ0v) is 36.3. The van der Waals surface area contributed by atoms with Gasteiger partial charge in [-0.1, -0.05) is 103 Å². The normalized spacial score (nSPS) is 10.9. The number of aryl methyl sites for hydroxylation is 1. The van der Waals surface area contributed by atoms with E-state index in [0.717, 1.165) is 106 Å². The molecule has 4 heteroatoms. The zero-order valence-electron chi connectivity index (χ0n) is 33.9. The predicted octanol–water partition coefficient (Wildman–Crippen LogP) is 14.6. The quantitative estimate of drug-likeness (QED) is 0.135. The number of hydrogen-bond donors (Lipinski definition) is 0. The van der Waals surface area contributed by atoms with Gasteiger partial charge in [0.25, 0.3) is 0 Å². The fourth-order valence-corrected chi connectivity index (χ4v) is 8.11. The van der Waals surface area contributed by atoms with Gasteiger partial charge in [0.1, 0.15) is 0 Å². The van der Waals surface area contributed by atoms with Crippen LogP contribution < -0.4 is 0 Å². The van der Waals surface area contributed by atoms with Gasteiger partial charge in [0.15, 0.2) is 0 Å². The van der Waals surface area contributed by atoms with Crippen LogP contribution in [0.25, 0.3) is 101 Å². The number of rotatable bonds is 9. The molecule has 0 bridgehead atoms. The SMILES string of the molecule is Cc1cc(-c2[c-]cccc2)ncc1-c1ccccc1-c1cc(-c2ccccc2-c2ccc(-c3[c-]cccc3)nc2)cc(-c2ccccc2-c2ccc(-c3[c-]cccc3)nc2)c1.[Ir+3]. The second-order valence-electron chi connectivity index (χ2n) is 15.0. The van der Waals surface area contributed by atoms with Crippen molar-refractivity contribution in [2.45, 2.75) is 6.92 Å². The summed E-state index contributed by atoms with van der Waals surface area (Å²) in [5.41, 5.74) is 19.9. The Kier molecular flexibility index (Phi) is 11.7. The first-order valence-electron chi connectivity index (χ1n) is 20.4. The van der Waals surface area contributed by atoms with Gasteiger partial charge in [0.05, 0.1) is 0 Å². The van der Waals surface area contributed by atoms with Crippen LogP contribution in [0.15, 0.2) is 213 Å². The first-order valence-corrected chi connectivity index (χ1v) is 20.4. The summed E-state index contributed by atoms with van der Waals surface area (Å²) < 4.78 is 0. The van der Waals surface area contributed by atoms with E-state index in [-0.39, 0.29) is 20.1 Å². The van der Waals surface area contributed by atoms with Crippen LogP contribution in [0.1, 0.15) is 5.56 Å². The zero-order chi connectivity index (χ0) is 41.0. The van der Waals surface area contributed by atoms with Crippen LogP contribution in [0.3, 0.4) is 0 Å². The molecule has 0 saturated heterocycles. The monoisotopic (exact) mass is 969 g/mol. The average molecular weight is 969 g/mol. The first kappa shape index (κ1) is 40.1. The summed E-state index contributed by atoms with van der Waals surface area (Å²) in [5.74, 6) is 0. The van der Waals surface area contributed by atoms with Gasteiger partial charge in [-0.15, -0.1) is 108 Å². The van der Waals surface area contributed by atoms with Gasteiger partial charge in [0, 0.05) is 24.2 Å². The van der Waals surface area contributed by atoms with Crippen LogP contribution >= 0.6 is 0 Å². The number of pyridine rings is 3. The Balaban J connectivity index is 0.00000490. The molecule has 0 N–H and O–H groups in total. The molecule has 3 heterocycles. The second kappa shape index (κ2) is 18.1. The van der Waals surface area contributed by atoms with E-state index in [2.05, 4.69) is 153 Å². The van der Waals surface area contributed by atoms with Crippen molar-refractivity contribution in [1.82, 2.24) is 15.0 Å². The van der Waals surface area contributed by atoms with Crippen LogP contribution in [0.5, 0.6) is 0 Å². The summed E-state index contributed by atoms with van der Waals surface area (Å²) >= 11 is 0. The third-order valence-electron chi connectivity index (χ3n) is 11.2. The van der Waals surface area contributed by atoms with E-state index in [1.807, 2.05) is 85.3 Å². The molecule has 0 aliphatic heterocycles. The second-order valence-corrected chi connectivity index (χ2v) is 15.0. The number of aromatic nitrogens is 3. The minimum Gasteiger partial charge on any atom is -0.304 e. The number of benzene rings is 7. The molecule has 0 amide bonds. The summed E-state index contributed by atoms with van der Waals surface area (Å²) in [6, 6.07) is 77.4. The van der Waals surface area contributed by atoms with Crippen LogP contribution in [0, 0.1) is 25.1 Å². The Bertz CT molecular complexity index is 2970. The molecule has 0 fully saturated rings. The molecule has 0 radical (unpaired) electrons. The van der Waals surface area contributed by atoms with Crippen LogP contribution in [-0.2, 0) is 20.1 Å². The van der Waals surface area contributed by atoms with E-state index in [1.165, 1.54) is 0 Å². The summed E-state index contributed by atoms with van der Waals surface area (Å²) in [6.07, 6.45) is 5.95. The largest absolute Gasteiger partial charge is 3.00 e. The van der Waals surface area contributed by atoms with Crippen molar-refractivity contribution >= 4 is 0 Å². The molecular formula is C58H38IrN3. The molecule has 0 atom stereocenters. The van der Waals surface area contributed by atoms with E-state index >= 15 is 0 Å². The van der Waals surface area contributed by atoms with E-state index < -0.39 is 0 Å². The Hall–Kier alpha value is -7.36. The Morgan fingerprint density at radius 1 is 0.306 bits per heavy atom. The minimum absolute atomic E-state index is 0. The molecule has 10 rings (SSSR count). The van der Waals surface area contributed by atoms with Gasteiger partial charge >= 0.3 is 20.1 Å². The van der Waals surface area contributed by atoms with Gasteiger partial charge in [0.2, 0.25) is 0 Å². The van der Waals surface area contributed by atoms with Crippen LogP contribution in [0.2, 0.25) is 0 Å². The first-order chi connectivity index (χ1) is 30.2. The molecular weight excluding hydrogens is 931 g/mol. The smallest absolute Gasteiger partial charge is 0.304 e. The van der Waals surface area contributed by atoms with Crippen molar-refractivity contribution in [3.8, 4) is 101 Å². The molecule has 62 heavy (non-hydrogen) atoms. The third-order valence-corrected chi connectivity index (χ3v) is 11.2. The minimum atomic E-state index is 0. The van der Waals surface area contributed by atoms with E-state index in [4.69, 9.17) is 15.0 Å². The van der Waals surface area contributed by atoms with Gasteiger partial charge in [-0.25, -0.2) is 0 Å². The van der Waals surface area contributed by atoms with E-state index in [9.17, 15) is 0 Å². The molecule has 0 spiro atoms. The van der Waals surface area contributed by atoms with E-state index in [0.29, 0.717) is 0 Å². The maximum atomic E-state index is 4.95. The summed E-state index contributed by atoms with van der Waals surface area (Å²) in [4.78, 5) is 14.7. The standard InChI is InChI=1S/C58H38N3.Ir/c1-40-33-58(43-21-9-4-10-22-43)61-39-55(40)54-28-16-15-27-53(54)48-35-46(51-25-13-11-23-49(51)44-29-31-56(59-37-44)41-17-5-2-6-18-41)34-47(36-48)52-26-14-12-24-50(52)45-30-32-57(60-38-45)42-19-7-3-8-20-42;/h2-17,19,21,23-39H,1H3;/q-3;+3. The van der Waals surface area contributed by atoms with Crippen LogP contribution in [-0.4, -0.2) is 15.0 Å². The molecule has 3 aromatic heterocycles. The molecule has 0 unspecified atom stereocenters. The van der Waals surface area contributed by atoms with Crippen molar-refractivity contribution < 1.29 is 20.1 Å². The van der Waals surface area contributed by atoms with Gasteiger partial charge < -0.3 is 15.0 Å². The Labute approximate surface area is 376 Å². The van der Waals surface area contributed by atoms with Crippen molar-refractivity contribution in [1.29, 1.82) is 0 Å². The topological polar surface area (TPSA) is 38.7 Å². The third kappa shape index (κ3) is 8.22. The summed E-state index contributed by atoms with van der Waals surface area (Å²) in [5, 5.41) is 0.